The number of nitrogens with one attached hydrogen (secondary N) is 1. The Morgan fingerprint density at radius 1 is 1.33 bits per heavy atom. The lowest BCUT2D eigenvalue weighted by Crippen LogP contribution is -2.54. The maximum atomic E-state index is 13.9. The summed E-state index contributed by atoms with van der Waals surface area (Å²) in [7, 11) is 1.67. The minimum Gasteiger partial charge on any atom is -0.374 e. The van der Waals surface area contributed by atoms with Crippen LogP contribution in [0.15, 0.2) is 29.2 Å². The second-order valence-corrected chi connectivity index (χ2v) is 8.48. The van der Waals surface area contributed by atoms with Crippen LogP contribution >= 0.6 is 0 Å². The standard InChI is InChI=1S/C21H23F3N6O3/c1-25-17-3-2-12(8-26-17)15(31)10-30-16(21(22,23)24)4-5-28-19(32)7-18(27-20(28)30)29-9-14-6-13(29)11-33-14/h2-3,7-8,13-14,16H,4-6,9-11H2,1H3,(H,25,26)/t13-,14-,16-/m0/s1. The van der Waals surface area contributed by atoms with Gasteiger partial charge in [-0.15, -0.1) is 0 Å². The number of halogens is 3. The number of Topliss-reactive ketones (excluding diaryl/α,β-unsaturated/α-hetero) is 1. The van der Waals surface area contributed by atoms with Crippen molar-refractivity contribution < 1.29 is 22.7 Å². The van der Waals surface area contributed by atoms with E-state index in [0.717, 1.165) is 11.3 Å². The van der Waals surface area contributed by atoms with Crippen LogP contribution in [0, 0.1) is 0 Å². The molecule has 0 radical (unpaired) electrons. The summed E-state index contributed by atoms with van der Waals surface area (Å²) in [5.41, 5.74) is -0.253. The van der Waals surface area contributed by atoms with E-state index in [1.54, 1.807) is 13.1 Å². The topological polar surface area (TPSA) is 92.6 Å². The van der Waals surface area contributed by atoms with Crippen LogP contribution in [-0.4, -0.2) is 71.4 Å². The number of ether oxygens (including phenoxy) is 1. The van der Waals surface area contributed by atoms with Crippen molar-refractivity contribution in [1.29, 1.82) is 0 Å². The van der Waals surface area contributed by atoms with E-state index in [1.807, 2.05) is 4.90 Å². The number of aromatic nitrogens is 3. The molecule has 2 aromatic rings. The SMILES string of the molecule is CNc1ccc(C(=O)CN2c3nc(N4C[C@@H]5C[C@H]4CO5)cc(=O)n3CC[C@H]2C(F)(F)F)cn1. The molecule has 0 amide bonds. The van der Waals surface area contributed by atoms with Crippen molar-refractivity contribution in [1.82, 2.24) is 14.5 Å². The lowest BCUT2D eigenvalue weighted by atomic mass is 10.1. The van der Waals surface area contributed by atoms with E-state index in [1.165, 1.54) is 22.9 Å². The molecule has 33 heavy (non-hydrogen) atoms. The van der Waals surface area contributed by atoms with E-state index in [0.29, 0.717) is 24.8 Å². The largest absolute Gasteiger partial charge is 0.408 e. The molecule has 9 nitrogen and oxygen atoms in total. The molecule has 0 saturated carbocycles. The molecule has 0 aromatic carbocycles. The number of ketones is 1. The number of hydrogen-bond acceptors (Lipinski definition) is 8. The first-order valence-corrected chi connectivity index (χ1v) is 10.7. The van der Waals surface area contributed by atoms with Crippen molar-refractivity contribution in [2.75, 3.05) is 41.9 Å². The summed E-state index contributed by atoms with van der Waals surface area (Å²) in [6, 6.07) is 2.55. The molecule has 2 bridgehead atoms. The first kappa shape index (κ1) is 21.7. The molecule has 2 fully saturated rings. The normalized spacial score (nSPS) is 24.2. The monoisotopic (exact) mass is 464 g/mol. The van der Waals surface area contributed by atoms with E-state index in [4.69, 9.17) is 4.74 Å². The van der Waals surface area contributed by atoms with Crippen LogP contribution in [0.25, 0.3) is 0 Å². The van der Waals surface area contributed by atoms with E-state index in [9.17, 15) is 22.8 Å². The van der Waals surface area contributed by atoms with Crippen molar-refractivity contribution >= 4 is 23.4 Å². The molecule has 3 aliphatic rings. The van der Waals surface area contributed by atoms with Crippen molar-refractivity contribution in [3.8, 4) is 0 Å². The second kappa shape index (κ2) is 8.01. The molecular formula is C21H23F3N6O3. The number of hydrogen-bond donors (Lipinski definition) is 1. The molecule has 12 heteroatoms. The van der Waals surface area contributed by atoms with Gasteiger partial charge in [0, 0.05) is 38.0 Å². The van der Waals surface area contributed by atoms with Gasteiger partial charge in [-0.1, -0.05) is 0 Å². The van der Waals surface area contributed by atoms with Gasteiger partial charge in [0.15, 0.2) is 5.78 Å². The molecular weight excluding hydrogens is 441 g/mol. The molecule has 2 aromatic heterocycles. The molecule has 5 heterocycles. The van der Waals surface area contributed by atoms with Crippen LogP contribution in [0.5, 0.6) is 0 Å². The quantitative estimate of drug-likeness (QED) is 0.669. The molecule has 5 rings (SSSR count). The number of morpholine rings is 1. The molecule has 0 aliphatic carbocycles. The van der Waals surface area contributed by atoms with E-state index < -0.39 is 30.1 Å². The summed E-state index contributed by atoms with van der Waals surface area (Å²) >= 11 is 0. The third kappa shape index (κ3) is 3.92. The number of carbonyl (C=O) groups excluding carboxylic acids is 1. The summed E-state index contributed by atoms with van der Waals surface area (Å²) in [6.45, 7) is 0.332. The van der Waals surface area contributed by atoms with Gasteiger partial charge >= 0.3 is 6.18 Å². The smallest absolute Gasteiger partial charge is 0.374 e. The highest BCUT2D eigenvalue weighted by Crippen LogP contribution is 2.36. The highest BCUT2D eigenvalue weighted by molar-refractivity contribution is 5.99. The maximum Gasteiger partial charge on any atom is 0.408 e. The molecule has 3 aliphatic heterocycles. The Balaban J connectivity index is 1.51. The summed E-state index contributed by atoms with van der Waals surface area (Å²) in [6.07, 6.45) is -2.79. The van der Waals surface area contributed by atoms with Crippen LogP contribution in [0.2, 0.25) is 0 Å². The van der Waals surface area contributed by atoms with Crippen molar-refractivity contribution in [3.05, 3.63) is 40.3 Å². The molecule has 176 valence electrons. The first-order valence-electron chi connectivity index (χ1n) is 10.7. The van der Waals surface area contributed by atoms with Crippen LogP contribution in [0.1, 0.15) is 23.2 Å². The van der Waals surface area contributed by atoms with Crippen molar-refractivity contribution in [3.63, 3.8) is 0 Å². The van der Waals surface area contributed by atoms with Gasteiger partial charge in [-0.2, -0.15) is 18.2 Å². The van der Waals surface area contributed by atoms with Gasteiger partial charge in [-0.3, -0.25) is 14.2 Å². The van der Waals surface area contributed by atoms with E-state index >= 15 is 0 Å². The van der Waals surface area contributed by atoms with Crippen LogP contribution in [0.4, 0.5) is 30.8 Å². The Morgan fingerprint density at radius 3 is 2.76 bits per heavy atom. The number of alkyl halides is 3. The van der Waals surface area contributed by atoms with E-state index in [-0.39, 0.29) is 36.6 Å². The first-order chi connectivity index (χ1) is 15.7. The predicted octanol–water partition coefficient (Wildman–Crippen LogP) is 1.68. The number of nitrogens with zero attached hydrogens (tertiary/aromatic N) is 5. The predicted molar refractivity (Wildman–Crippen MR) is 114 cm³/mol. The lowest BCUT2D eigenvalue weighted by Gasteiger charge is -2.39. The van der Waals surface area contributed by atoms with Crippen molar-refractivity contribution in [2.45, 2.75) is 43.8 Å². The van der Waals surface area contributed by atoms with Crippen molar-refractivity contribution in [2.24, 2.45) is 0 Å². The average Bonchev–Trinajstić information content (AvgIpc) is 3.42. The Bertz CT molecular complexity index is 1120. The summed E-state index contributed by atoms with van der Waals surface area (Å²) in [4.78, 5) is 37.1. The van der Waals surface area contributed by atoms with Crippen LogP contribution in [0.3, 0.4) is 0 Å². The van der Waals surface area contributed by atoms with Gasteiger partial charge in [0.1, 0.15) is 17.7 Å². The second-order valence-electron chi connectivity index (χ2n) is 8.48. The van der Waals surface area contributed by atoms with Gasteiger partial charge < -0.3 is 19.9 Å². The Kier molecular flexibility index (Phi) is 5.26. The van der Waals surface area contributed by atoms with E-state index in [2.05, 4.69) is 15.3 Å². The minimum atomic E-state index is -4.59. The summed E-state index contributed by atoms with van der Waals surface area (Å²) < 4.78 is 48.6. The highest BCUT2D eigenvalue weighted by atomic mass is 19.4. The van der Waals surface area contributed by atoms with Gasteiger partial charge in [0.05, 0.1) is 25.3 Å². The zero-order valence-electron chi connectivity index (χ0n) is 17.9. The fourth-order valence-electron chi connectivity index (χ4n) is 4.76. The number of fused-ring (bicyclic) bond motifs is 3. The fraction of sp³-hybridized carbons (Fsp3) is 0.524. The van der Waals surface area contributed by atoms with Crippen LogP contribution < -0.4 is 20.7 Å². The number of anilines is 3. The molecule has 2 saturated heterocycles. The van der Waals surface area contributed by atoms with Gasteiger partial charge in [-0.05, 0) is 25.0 Å². The highest BCUT2D eigenvalue weighted by Gasteiger charge is 2.48. The molecule has 0 spiro atoms. The third-order valence-electron chi connectivity index (χ3n) is 6.46. The zero-order valence-corrected chi connectivity index (χ0v) is 17.9. The van der Waals surface area contributed by atoms with Gasteiger partial charge in [-0.25, -0.2) is 4.98 Å². The molecule has 3 atom stereocenters. The van der Waals surface area contributed by atoms with Gasteiger partial charge in [0.25, 0.3) is 5.56 Å². The Labute approximate surface area is 187 Å². The minimum absolute atomic E-state index is 0.0317. The molecule has 0 unspecified atom stereocenters. The number of carbonyl (C=O) groups is 1. The maximum absolute atomic E-state index is 13.9. The van der Waals surface area contributed by atoms with Gasteiger partial charge in [0.2, 0.25) is 5.95 Å². The lowest BCUT2D eigenvalue weighted by molar-refractivity contribution is -0.152. The molecule has 1 N–H and O–H groups in total. The Hall–Kier alpha value is -3.15. The number of rotatable bonds is 5. The summed E-state index contributed by atoms with van der Waals surface area (Å²) in [5, 5.41) is 2.82. The van der Waals surface area contributed by atoms with Crippen LogP contribution in [-0.2, 0) is 11.3 Å². The summed E-state index contributed by atoms with van der Waals surface area (Å²) in [5.74, 6) is 0.177. The zero-order chi connectivity index (χ0) is 23.3. The third-order valence-corrected chi connectivity index (χ3v) is 6.46. The average molecular weight is 464 g/mol. The fourth-order valence-corrected chi connectivity index (χ4v) is 4.76. The Morgan fingerprint density at radius 2 is 2.15 bits per heavy atom. The number of pyridine rings is 1.